The first kappa shape index (κ1) is 10.8. The van der Waals surface area contributed by atoms with E-state index in [9.17, 15) is 0 Å². The van der Waals surface area contributed by atoms with Gasteiger partial charge in [0.25, 0.3) is 0 Å². The molecule has 2 atom stereocenters. The molecule has 0 amide bonds. The zero-order chi connectivity index (χ0) is 10.0. The van der Waals surface area contributed by atoms with Crippen molar-refractivity contribution < 1.29 is 4.74 Å². The van der Waals surface area contributed by atoms with Crippen molar-refractivity contribution in [2.45, 2.75) is 56.0 Å². The van der Waals surface area contributed by atoms with Gasteiger partial charge in [0, 0.05) is 18.9 Å². The smallest absolute Gasteiger partial charge is 0.0924 e. The van der Waals surface area contributed by atoms with E-state index in [4.69, 9.17) is 4.74 Å². The lowest BCUT2D eigenvalue weighted by Gasteiger charge is -2.40. The third-order valence-electron chi connectivity index (χ3n) is 3.53. The predicted molar refractivity (Wildman–Crippen MR) is 61.7 cm³/mol. The Labute approximate surface area is 91.2 Å². The number of ether oxygens (including phenoxy) is 1. The summed E-state index contributed by atoms with van der Waals surface area (Å²) in [5, 5.41) is 4.18. The molecule has 1 heterocycles. The summed E-state index contributed by atoms with van der Waals surface area (Å²) >= 11 is 2.04. The van der Waals surface area contributed by atoms with Crippen LogP contribution in [0.1, 0.15) is 39.0 Å². The van der Waals surface area contributed by atoms with Gasteiger partial charge in [-0.15, -0.1) is 11.8 Å². The average molecular weight is 215 g/mol. The van der Waals surface area contributed by atoms with E-state index in [0.29, 0.717) is 11.4 Å². The maximum Gasteiger partial charge on any atom is 0.0924 e. The molecular weight excluding hydrogens is 194 g/mol. The molecule has 2 aliphatic rings. The number of hydrogen-bond acceptors (Lipinski definition) is 3. The molecule has 2 rings (SSSR count). The maximum absolute atomic E-state index is 5.83. The third-order valence-corrected chi connectivity index (χ3v) is 5.12. The number of hydrogen-bond donors (Lipinski definition) is 1. The van der Waals surface area contributed by atoms with E-state index in [1.54, 1.807) is 0 Å². The molecule has 2 fully saturated rings. The molecule has 0 aromatic heterocycles. The number of nitrogens with one attached hydrogen (secondary N) is 1. The van der Waals surface area contributed by atoms with Gasteiger partial charge in [-0.3, -0.25) is 5.32 Å². The fourth-order valence-corrected chi connectivity index (χ4v) is 4.16. The summed E-state index contributed by atoms with van der Waals surface area (Å²) in [6.07, 6.45) is 6.53. The van der Waals surface area contributed by atoms with Crippen LogP contribution in [0, 0.1) is 0 Å². The summed E-state index contributed by atoms with van der Waals surface area (Å²) in [7, 11) is 1.89. The molecule has 14 heavy (non-hydrogen) atoms. The highest BCUT2D eigenvalue weighted by atomic mass is 32.2. The van der Waals surface area contributed by atoms with Crippen LogP contribution in [-0.4, -0.2) is 29.9 Å². The molecule has 1 N–H and O–H groups in total. The van der Waals surface area contributed by atoms with Gasteiger partial charge in [0.15, 0.2) is 0 Å². The first-order chi connectivity index (χ1) is 6.77. The van der Waals surface area contributed by atoms with Crippen LogP contribution in [0.5, 0.6) is 0 Å². The summed E-state index contributed by atoms with van der Waals surface area (Å²) in [5.74, 6) is 1.23. The monoisotopic (exact) mass is 215 g/mol. The van der Waals surface area contributed by atoms with Crippen molar-refractivity contribution in [3.63, 3.8) is 0 Å². The lowest BCUT2D eigenvalue weighted by atomic mass is 9.84. The molecule has 2 nitrogen and oxygen atoms in total. The third kappa shape index (κ3) is 1.95. The Hall–Kier alpha value is 0.270. The van der Waals surface area contributed by atoms with E-state index in [1.807, 2.05) is 18.9 Å². The zero-order valence-corrected chi connectivity index (χ0v) is 10.0. The second-order valence-corrected chi connectivity index (χ2v) is 5.75. The van der Waals surface area contributed by atoms with Crippen molar-refractivity contribution in [3.05, 3.63) is 0 Å². The van der Waals surface area contributed by atoms with Crippen molar-refractivity contribution in [1.82, 2.24) is 5.32 Å². The Morgan fingerprint density at radius 1 is 1.29 bits per heavy atom. The van der Waals surface area contributed by atoms with Gasteiger partial charge in [0.1, 0.15) is 0 Å². The zero-order valence-electron chi connectivity index (χ0n) is 9.21. The van der Waals surface area contributed by atoms with Crippen molar-refractivity contribution in [3.8, 4) is 0 Å². The SMILES string of the molecule is COC1(C2NC(C)CS2)CCCCC1. The lowest BCUT2D eigenvalue weighted by molar-refractivity contribution is -0.0458. The summed E-state index contributed by atoms with van der Waals surface area (Å²) < 4.78 is 5.83. The fourth-order valence-electron chi connectivity index (χ4n) is 2.62. The van der Waals surface area contributed by atoms with E-state index < -0.39 is 0 Å². The first-order valence-electron chi connectivity index (χ1n) is 5.70. The molecule has 0 bridgehead atoms. The first-order valence-corrected chi connectivity index (χ1v) is 6.74. The number of methoxy groups -OCH3 is 1. The Kier molecular flexibility index (Phi) is 3.40. The van der Waals surface area contributed by atoms with Crippen LogP contribution in [0.15, 0.2) is 0 Å². The molecule has 1 saturated carbocycles. The van der Waals surface area contributed by atoms with E-state index in [-0.39, 0.29) is 5.60 Å². The highest BCUT2D eigenvalue weighted by Gasteiger charge is 2.43. The van der Waals surface area contributed by atoms with Crippen molar-refractivity contribution in [2.24, 2.45) is 0 Å². The topological polar surface area (TPSA) is 21.3 Å². The summed E-state index contributed by atoms with van der Waals surface area (Å²) in [6, 6.07) is 0.652. The Morgan fingerprint density at radius 2 is 2.00 bits per heavy atom. The Balaban J connectivity index is 2.03. The second kappa shape index (κ2) is 4.42. The highest BCUT2D eigenvalue weighted by molar-refractivity contribution is 8.00. The van der Waals surface area contributed by atoms with E-state index >= 15 is 0 Å². The quantitative estimate of drug-likeness (QED) is 0.764. The van der Waals surface area contributed by atoms with Gasteiger partial charge in [0.2, 0.25) is 0 Å². The van der Waals surface area contributed by atoms with Crippen LogP contribution < -0.4 is 5.32 Å². The minimum atomic E-state index is 0.133. The molecule has 1 aliphatic carbocycles. The van der Waals surface area contributed by atoms with E-state index in [2.05, 4.69) is 12.2 Å². The van der Waals surface area contributed by atoms with Crippen LogP contribution in [0.25, 0.3) is 0 Å². The standard InChI is InChI=1S/C11H21NOS/c1-9-8-14-10(12-9)11(13-2)6-4-3-5-7-11/h9-10,12H,3-8H2,1-2H3. The highest BCUT2D eigenvalue weighted by Crippen LogP contribution is 2.40. The van der Waals surface area contributed by atoms with Crippen LogP contribution in [-0.2, 0) is 4.74 Å². The van der Waals surface area contributed by atoms with Crippen LogP contribution in [0.2, 0.25) is 0 Å². The van der Waals surface area contributed by atoms with Gasteiger partial charge in [-0.2, -0.15) is 0 Å². The molecule has 1 aliphatic heterocycles. The molecule has 0 aromatic carbocycles. The molecule has 2 unspecified atom stereocenters. The van der Waals surface area contributed by atoms with Gasteiger partial charge in [-0.25, -0.2) is 0 Å². The Bertz CT molecular complexity index is 192. The van der Waals surface area contributed by atoms with Gasteiger partial charge in [0.05, 0.1) is 11.0 Å². The summed E-state index contributed by atoms with van der Waals surface area (Å²) in [5.41, 5.74) is 0.133. The molecule has 3 heteroatoms. The van der Waals surface area contributed by atoms with Crippen LogP contribution in [0.3, 0.4) is 0 Å². The molecule has 1 saturated heterocycles. The number of thioether (sulfide) groups is 1. The number of rotatable bonds is 2. The maximum atomic E-state index is 5.83. The van der Waals surface area contributed by atoms with E-state index in [0.717, 1.165) is 0 Å². The van der Waals surface area contributed by atoms with E-state index in [1.165, 1.54) is 37.9 Å². The summed E-state index contributed by atoms with van der Waals surface area (Å²) in [4.78, 5) is 0. The predicted octanol–water partition coefficient (Wildman–Crippen LogP) is 2.39. The second-order valence-electron chi connectivity index (χ2n) is 4.61. The average Bonchev–Trinajstić information content (AvgIpc) is 2.66. The normalized spacial score (nSPS) is 37.3. The Morgan fingerprint density at radius 3 is 2.50 bits per heavy atom. The van der Waals surface area contributed by atoms with Crippen molar-refractivity contribution in [1.29, 1.82) is 0 Å². The van der Waals surface area contributed by atoms with Gasteiger partial charge in [-0.05, 0) is 19.8 Å². The molecule has 0 radical (unpaired) electrons. The van der Waals surface area contributed by atoms with Gasteiger partial charge < -0.3 is 4.74 Å². The van der Waals surface area contributed by atoms with Crippen molar-refractivity contribution in [2.75, 3.05) is 12.9 Å². The summed E-state index contributed by atoms with van der Waals surface area (Å²) in [6.45, 7) is 2.26. The fraction of sp³-hybridized carbons (Fsp3) is 1.00. The molecule has 82 valence electrons. The van der Waals surface area contributed by atoms with Crippen LogP contribution in [0.4, 0.5) is 0 Å². The molecule has 0 aromatic rings. The van der Waals surface area contributed by atoms with Crippen molar-refractivity contribution >= 4 is 11.8 Å². The van der Waals surface area contributed by atoms with Gasteiger partial charge in [-0.1, -0.05) is 19.3 Å². The molecular formula is C11H21NOS. The largest absolute Gasteiger partial charge is 0.376 e. The lowest BCUT2D eigenvalue weighted by Crippen LogP contribution is -2.50. The molecule has 0 spiro atoms. The minimum Gasteiger partial charge on any atom is -0.376 e. The van der Waals surface area contributed by atoms with Gasteiger partial charge >= 0.3 is 0 Å². The minimum absolute atomic E-state index is 0.133. The van der Waals surface area contributed by atoms with Crippen LogP contribution >= 0.6 is 11.8 Å².